The van der Waals surface area contributed by atoms with Crippen LogP contribution < -0.4 is 10.1 Å². The maximum absolute atomic E-state index is 12.2. The summed E-state index contributed by atoms with van der Waals surface area (Å²) in [5.74, 6) is -0.219. The molecular weight excluding hydrogens is 275 g/mol. The smallest absolute Gasteiger partial charge is 0.404 e. The van der Waals surface area contributed by atoms with Gasteiger partial charge in [-0.2, -0.15) is 0 Å². The molecule has 2 nitrogen and oxygen atoms in total. The van der Waals surface area contributed by atoms with Gasteiger partial charge in [-0.05, 0) is 31.2 Å². The maximum atomic E-state index is 12.2. The second-order valence-electron chi connectivity index (χ2n) is 3.91. The number of para-hydroxylation sites is 2. The Balaban J connectivity index is 2.07. The number of nitrogens with one attached hydrogen (secondary N) is 1. The van der Waals surface area contributed by atoms with Gasteiger partial charge in [0.05, 0.1) is 5.69 Å². The lowest BCUT2D eigenvalue weighted by molar-refractivity contribution is -0.274. The van der Waals surface area contributed by atoms with E-state index in [4.69, 9.17) is 0 Å². The molecule has 0 aliphatic heterocycles. The number of hydrogen-bond donors (Lipinski definition) is 1. The molecule has 2 aromatic rings. The Labute approximate surface area is 112 Å². The molecule has 0 atom stereocenters. The van der Waals surface area contributed by atoms with Crippen molar-refractivity contribution in [3.8, 4) is 5.75 Å². The lowest BCUT2D eigenvalue weighted by Gasteiger charge is -2.14. The van der Waals surface area contributed by atoms with Crippen LogP contribution in [0.4, 0.5) is 18.9 Å². The molecule has 2 rings (SSSR count). The molecule has 0 saturated carbocycles. The predicted octanol–water partition coefficient (Wildman–Crippen LogP) is 4.57. The van der Waals surface area contributed by atoms with Gasteiger partial charge in [0.25, 0.3) is 0 Å². The van der Waals surface area contributed by atoms with E-state index >= 15 is 0 Å². The van der Waals surface area contributed by atoms with Gasteiger partial charge in [0.1, 0.15) is 0 Å². The summed E-state index contributed by atoms with van der Waals surface area (Å²) in [7, 11) is 0. The molecule has 1 N–H and O–H groups in total. The molecular formula is C13H12F3NOS. The summed E-state index contributed by atoms with van der Waals surface area (Å²) < 4.78 is 40.7. The molecule has 1 aromatic carbocycles. The zero-order valence-electron chi connectivity index (χ0n) is 10.1. The second-order valence-corrected chi connectivity index (χ2v) is 5.28. The summed E-state index contributed by atoms with van der Waals surface area (Å²) in [5.41, 5.74) is 0.325. The number of ether oxygens (including phenoxy) is 1. The van der Waals surface area contributed by atoms with E-state index in [9.17, 15) is 13.2 Å². The molecule has 0 bridgehead atoms. The average Bonchev–Trinajstić information content (AvgIpc) is 2.72. The van der Waals surface area contributed by atoms with E-state index in [1.807, 2.05) is 19.1 Å². The van der Waals surface area contributed by atoms with Gasteiger partial charge in [-0.15, -0.1) is 24.5 Å². The summed E-state index contributed by atoms with van der Waals surface area (Å²) in [6, 6.07) is 9.92. The number of anilines is 1. The fraction of sp³-hybridized carbons (Fsp3) is 0.231. The van der Waals surface area contributed by atoms with Crippen molar-refractivity contribution in [2.45, 2.75) is 19.8 Å². The quantitative estimate of drug-likeness (QED) is 0.889. The number of halogens is 3. The van der Waals surface area contributed by atoms with E-state index in [0.717, 1.165) is 9.75 Å². The van der Waals surface area contributed by atoms with E-state index in [1.54, 1.807) is 23.5 Å². The van der Waals surface area contributed by atoms with Gasteiger partial charge in [0.15, 0.2) is 5.75 Å². The molecule has 0 fully saturated rings. The molecule has 0 amide bonds. The van der Waals surface area contributed by atoms with Crippen LogP contribution in [0.2, 0.25) is 0 Å². The standard InChI is InChI=1S/C13H12F3NOS/c1-9-6-7-10(19-9)8-17-11-4-2-3-5-12(11)18-13(14,15)16/h2-7,17H,8H2,1H3. The Morgan fingerprint density at radius 1 is 1.16 bits per heavy atom. The third-order valence-corrected chi connectivity index (χ3v) is 3.36. The normalized spacial score (nSPS) is 11.4. The number of rotatable bonds is 4. The first-order valence-corrected chi connectivity index (χ1v) is 6.40. The lowest BCUT2D eigenvalue weighted by atomic mass is 10.3. The van der Waals surface area contributed by atoms with E-state index in [2.05, 4.69) is 10.1 Å². The third-order valence-electron chi connectivity index (χ3n) is 2.36. The first kappa shape index (κ1) is 13.7. The van der Waals surface area contributed by atoms with Crippen LogP contribution in [0, 0.1) is 6.92 Å². The Kier molecular flexibility index (Phi) is 3.99. The molecule has 102 valence electrons. The van der Waals surface area contributed by atoms with Crippen molar-refractivity contribution in [1.29, 1.82) is 0 Å². The van der Waals surface area contributed by atoms with Crippen LogP contribution in [-0.2, 0) is 6.54 Å². The van der Waals surface area contributed by atoms with Crippen molar-refractivity contribution < 1.29 is 17.9 Å². The fourth-order valence-electron chi connectivity index (χ4n) is 1.59. The van der Waals surface area contributed by atoms with Gasteiger partial charge >= 0.3 is 6.36 Å². The highest BCUT2D eigenvalue weighted by Gasteiger charge is 2.32. The van der Waals surface area contributed by atoms with Crippen molar-refractivity contribution in [1.82, 2.24) is 0 Å². The van der Waals surface area contributed by atoms with Crippen LogP contribution in [0.3, 0.4) is 0 Å². The Hall–Kier alpha value is -1.69. The van der Waals surface area contributed by atoms with Crippen LogP contribution in [0.1, 0.15) is 9.75 Å². The molecule has 1 aromatic heterocycles. The Bertz CT molecular complexity index is 551. The summed E-state index contributed by atoms with van der Waals surface area (Å²) in [6.45, 7) is 2.45. The highest BCUT2D eigenvalue weighted by Crippen LogP contribution is 2.30. The number of aryl methyl sites for hydroxylation is 1. The SMILES string of the molecule is Cc1ccc(CNc2ccccc2OC(F)(F)F)s1. The predicted molar refractivity (Wildman–Crippen MR) is 69.5 cm³/mol. The molecule has 0 aliphatic carbocycles. The summed E-state index contributed by atoms with van der Waals surface area (Å²) in [6.07, 6.45) is -4.68. The Morgan fingerprint density at radius 3 is 2.53 bits per heavy atom. The van der Waals surface area contributed by atoms with Crippen LogP contribution in [0.5, 0.6) is 5.75 Å². The Morgan fingerprint density at radius 2 is 1.89 bits per heavy atom. The first-order valence-electron chi connectivity index (χ1n) is 5.58. The van der Waals surface area contributed by atoms with Crippen LogP contribution in [-0.4, -0.2) is 6.36 Å². The summed E-state index contributed by atoms with van der Waals surface area (Å²) in [5, 5.41) is 2.95. The van der Waals surface area contributed by atoms with Crippen LogP contribution in [0.15, 0.2) is 36.4 Å². The lowest BCUT2D eigenvalue weighted by Crippen LogP contribution is -2.18. The van der Waals surface area contributed by atoms with Crippen molar-refractivity contribution in [2.24, 2.45) is 0 Å². The molecule has 19 heavy (non-hydrogen) atoms. The molecule has 0 spiro atoms. The van der Waals surface area contributed by atoms with E-state index in [-0.39, 0.29) is 5.75 Å². The van der Waals surface area contributed by atoms with Crippen molar-refractivity contribution >= 4 is 17.0 Å². The van der Waals surface area contributed by atoms with E-state index < -0.39 is 6.36 Å². The second kappa shape index (κ2) is 5.52. The number of benzene rings is 1. The third kappa shape index (κ3) is 4.17. The number of thiophene rings is 1. The number of alkyl halides is 3. The molecule has 6 heteroatoms. The van der Waals surface area contributed by atoms with Gasteiger partial charge in [0, 0.05) is 16.3 Å². The van der Waals surface area contributed by atoms with Crippen LogP contribution >= 0.6 is 11.3 Å². The monoisotopic (exact) mass is 287 g/mol. The summed E-state index contributed by atoms with van der Waals surface area (Å²) in [4.78, 5) is 2.22. The molecule has 0 aliphatic rings. The average molecular weight is 287 g/mol. The zero-order valence-corrected chi connectivity index (χ0v) is 10.9. The minimum atomic E-state index is -4.68. The van der Waals surface area contributed by atoms with Gasteiger partial charge in [0.2, 0.25) is 0 Å². The van der Waals surface area contributed by atoms with Crippen LogP contribution in [0.25, 0.3) is 0 Å². The van der Waals surface area contributed by atoms with Gasteiger partial charge < -0.3 is 10.1 Å². The van der Waals surface area contributed by atoms with E-state index in [1.165, 1.54) is 12.1 Å². The minimum Gasteiger partial charge on any atom is -0.404 e. The maximum Gasteiger partial charge on any atom is 0.573 e. The van der Waals surface area contributed by atoms with Gasteiger partial charge in [-0.1, -0.05) is 12.1 Å². The molecule has 0 saturated heterocycles. The van der Waals surface area contributed by atoms with Gasteiger partial charge in [-0.25, -0.2) is 0 Å². The minimum absolute atomic E-state index is 0.219. The largest absolute Gasteiger partial charge is 0.573 e. The molecule has 1 heterocycles. The van der Waals surface area contributed by atoms with E-state index in [0.29, 0.717) is 12.2 Å². The zero-order chi connectivity index (χ0) is 13.9. The highest BCUT2D eigenvalue weighted by atomic mass is 32.1. The summed E-state index contributed by atoms with van der Waals surface area (Å²) >= 11 is 1.60. The molecule has 0 unspecified atom stereocenters. The van der Waals surface area contributed by atoms with Crippen molar-refractivity contribution in [3.63, 3.8) is 0 Å². The first-order chi connectivity index (χ1) is 8.94. The van der Waals surface area contributed by atoms with Crippen molar-refractivity contribution in [3.05, 3.63) is 46.2 Å². The van der Waals surface area contributed by atoms with Gasteiger partial charge in [-0.3, -0.25) is 0 Å². The highest BCUT2D eigenvalue weighted by molar-refractivity contribution is 7.11. The molecule has 0 radical (unpaired) electrons. The fourth-order valence-corrected chi connectivity index (χ4v) is 2.42. The number of hydrogen-bond acceptors (Lipinski definition) is 3. The topological polar surface area (TPSA) is 21.3 Å². The van der Waals surface area contributed by atoms with Crippen molar-refractivity contribution in [2.75, 3.05) is 5.32 Å².